The number of aromatic amines is 1. The van der Waals surface area contributed by atoms with Crippen molar-refractivity contribution in [2.45, 2.75) is 0 Å². The number of fused-ring (bicyclic) bond motifs is 3. The number of H-pyrrole nitrogens is 1. The van der Waals surface area contributed by atoms with Crippen LogP contribution in [0.5, 0.6) is 0 Å². The van der Waals surface area contributed by atoms with E-state index in [9.17, 15) is 0 Å². The molecule has 3 heteroatoms. The molecule has 0 spiro atoms. The van der Waals surface area contributed by atoms with Crippen LogP contribution in [0.2, 0.25) is 0 Å². The Kier molecular flexibility index (Phi) is 6.12. The normalized spacial score (nSPS) is 11.3. The fraction of sp³-hybridized carbons (Fsp3) is 0. The number of pyridine rings is 2. The second-order valence-electron chi connectivity index (χ2n) is 10.7. The van der Waals surface area contributed by atoms with E-state index in [1.165, 1.54) is 11.1 Å². The van der Waals surface area contributed by atoms with E-state index in [0.29, 0.717) is 0 Å². The highest BCUT2D eigenvalue weighted by atomic mass is 14.8. The van der Waals surface area contributed by atoms with Gasteiger partial charge in [0.2, 0.25) is 0 Å². The van der Waals surface area contributed by atoms with E-state index >= 15 is 0 Å². The van der Waals surface area contributed by atoms with Crippen LogP contribution >= 0.6 is 0 Å². The number of rotatable bonds is 5. The summed E-state index contributed by atoms with van der Waals surface area (Å²) >= 11 is 0. The molecule has 0 saturated heterocycles. The second-order valence-corrected chi connectivity index (χ2v) is 10.7. The monoisotopic (exact) mass is 549 g/mol. The minimum atomic E-state index is 0.929. The highest BCUT2D eigenvalue weighted by molar-refractivity contribution is 6.17. The molecular formula is C40H27N3. The summed E-state index contributed by atoms with van der Waals surface area (Å²) in [5.74, 6) is 0. The van der Waals surface area contributed by atoms with Crippen LogP contribution in [-0.4, -0.2) is 15.0 Å². The fourth-order valence-electron chi connectivity index (χ4n) is 5.98. The Labute approximate surface area is 250 Å². The summed E-state index contributed by atoms with van der Waals surface area (Å²) in [6.45, 7) is 0. The summed E-state index contributed by atoms with van der Waals surface area (Å²) < 4.78 is 0. The predicted octanol–water partition coefficient (Wildman–Crippen LogP) is 10.4. The molecule has 0 unspecified atom stereocenters. The second kappa shape index (κ2) is 10.6. The first-order chi connectivity index (χ1) is 21.3. The quantitative estimate of drug-likeness (QED) is 0.232. The Balaban J connectivity index is 1.46. The Hall–Kier alpha value is -5.80. The van der Waals surface area contributed by atoms with Gasteiger partial charge in [0.25, 0.3) is 0 Å². The van der Waals surface area contributed by atoms with E-state index in [1.807, 2.05) is 24.4 Å². The zero-order valence-electron chi connectivity index (χ0n) is 23.4. The number of benzene rings is 5. The maximum atomic E-state index is 5.18. The molecule has 0 aliphatic rings. The van der Waals surface area contributed by atoms with Crippen LogP contribution in [0.1, 0.15) is 0 Å². The van der Waals surface area contributed by atoms with Crippen LogP contribution < -0.4 is 0 Å². The SMILES string of the molecule is c1ccc(-c2cc(-c3ccccn3)c3[nH]c4c(-c5cccc(-c6ccccc6)n5)cc(-c5ccccc5)cc4c3c2)cc1. The Bertz CT molecular complexity index is 2200. The van der Waals surface area contributed by atoms with Crippen LogP contribution in [0.4, 0.5) is 0 Å². The molecule has 0 amide bonds. The number of nitrogens with one attached hydrogen (secondary N) is 1. The summed E-state index contributed by atoms with van der Waals surface area (Å²) in [6.07, 6.45) is 1.86. The molecule has 0 fully saturated rings. The van der Waals surface area contributed by atoms with Gasteiger partial charge in [0.15, 0.2) is 0 Å². The molecule has 1 N–H and O–H groups in total. The first kappa shape index (κ1) is 25.0. The average molecular weight is 550 g/mol. The minimum Gasteiger partial charge on any atom is -0.353 e. The lowest BCUT2D eigenvalue weighted by Gasteiger charge is -2.10. The summed E-state index contributed by atoms with van der Waals surface area (Å²) in [4.78, 5) is 13.8. The van der Waals surface area contributed by atoms with Gasteiger partial charge in [-0.2, -0.15) is 0 Å². The van der Waals surface area contributed by atoms with Crippen LogP contribution in [0.15, 0.2) is 158 Å². The molecule has 8 rings (SSSR count). The topological polar surface area (TPSA) is 41.6 Å². The van der Waals surface area contributed by atoms with Crippen molar-refractivity contribution in [1.29, 1.82) is 0 Å². The van der Waals surface area contributed by atoms with Gasteiger partial charge in [-0.05, 0) is 70.8 Å². The highest BCUT2D eigenvalue weighted by Gasteiger charge is 2.18. The maximum Gasteiger partial charge on any atom is 0.0730 e. The standard InChI is InChI=1S/C40H27N3/c1-4-13-27(14-5-1)30-23-32-33-24-31(28-15-6-2-7-16-28)26-35(38-21-12-20-36(42-38)29-17-8-3-9-18-29)40(33)43-39(32)34(25-30)37-19-10-11-22-41-37/h1-26,43H. The van der Waals surface area contributed by atoms with E-state index in [0.717, 1.165) is 66.7 Å². The van der Waals surface area contributed by atoms with Gasteiger partial charge < -0.3 is 4.98 Å². The van der Waals surface area contributed by atoms with Crippen molar-refractivity contribution in [3.05, 3.63) is 158 Å². The molecule has 0 aliphatic heterocycles. The molecule has 0 bridgehead atoms. The van der Waals surface area contributed by atoms with Crippen LogP contribution in [0.25, 0.3) is 77.8 Å². The van der Waals surface area contributed by atoms with E-state index < -0.39 is 0 Å². The number of hydrogen-bond donors (Lipinski definition) is 1. The average Bonchev–Trinajstić information content (AvgIpc) is 3.48. The van der Waals surface area contributed by atoms with Gasteiger partial charge in [0.05, 0.1) is 28.1 Å². The molecule has 3 aromatic heterocycles. The molecule has 5 aromatic carbocycles. The maximum absolute atomic E-state index is 5.18. The summed E-state index contributed by atoms with van der Waals surface area (Å²) in [6, 6.07) is 53.0. The Morgan fingerprint density at radius 3 is 1.42 bits per heavy atom. The van der Waals surface area contributed by atoms with Crippen molar-refractivity contribution in [2.24, 2.45) is 0 Å². The fourth-order valence-corrected chi connectivity index (χ4v) is 5.98. The van der Waals surface area contributed by atoms with Crippen molar-refractivity contribution in [2.75, 3.05) is 0 Å². The smallest absolute Gasteiger partial charge is 0.0730 e. The molecule has 43 heavy (non-hydrogen) atoms. The Morgan fingerprint density at radius 2 is 0.860 bits per heavy atom. The van der Waals surface area contributed by atoms with Gasteiger partial charge in [-0.15, -0.1) is 0 Å². The Morgan fingerprint density at radius 1 is 0.372 bits per heavy atom. The first-order valence-electron chi connectivity index (χ1n) is 14.5. The first-order valence-corrected chi connectivity index (χ1v) is 14.5. The number of aromatic nitrogens is 3. The van der Waals surface area contributed by atoms with Crippen molar-refractivity contribution in [3.63, 3.8) is 0 Å². The van der Waals surface area contributed by atoms with Gasteiger partial charge in [-0.3, -0.25) is 4.98 Å². The minimum absolute atomic E-state index is 0.929. The van der Waals surface area contributed by atoms with E-state index in [4.69, 9.17) is 9.97 Å². The number of hydrogen-bond acceptors (Lipinski definition) is 2. The predicted molar refractivity (Wildman–Crippen MR) is 179 cm³/mol. The van der Waals surface area contributed by atoms with Gasteiger partial charge >= 0.3 is 0 Å². The lowest BCUT2D eigenvalue weighted by Crippen LogP contribution is -1.90. The molecular weight excluding hydrogens is 522 g/mol. The molecule has 202 valence electrons. The van der Waals surface area contributed by atoms with Gasteiger partial charge in [0, 0.05) is 33.7 Å². The largest absolute Gasteiger partial charge is 0.353 e. The lowest BCUT2D eigenvalue weighted by atomic mass is 9.95. The summed E-state index contributed by atoms with van der Waals surface area (Å²) in [5.41, 5.74) is 12.8. The molecule has 3 nitrogen and oxygen atoms in total. The van der Waals surface area contributed by atoms with E-state index in [1.54, 1.807) is 0 Å². The number of nitrogens with zero attached hydrogens (tertiary/aromatic N) is 2. The van der Waals surface area contributed by atoms with Gasteiger partial charge in [-0.1, -0.05) is 103 Å². The van der Waals surface area contributed by atoms with Crippen LogP contribution in [-0.2, 0) is 0 Å². The molecule has 3 heterocycles. The lowest BCUT2D eigenvalue weighted by molar-refractivity contribution is 1.32. The molecule has 0 aliphatic carbocycles. The third-order valence-electron chi connectivity index (χ3n) is 8.07. The van der Waals surface area contributed by atoms with Crippen molar-refractivity contribution < 1.29 is 0 Å². The van der Waals surface area contributed by atoms with Gasteiger partial charge in [0.1, 0.15) is 0 Å². The molecule has 8 aromatic rings. The van der Waals surface area contributed by atoms with Crippen LogP contribution in [0, 0.1) is 0 Å². The van der Waals surface area contributed by atoms with Crippen molar-refractivity contribution in [3.8, 4) is 56.0 Å². The molecule has 0 atom stereocenters. The zero-order chi connectivity index (χ0) is 28.6. The van der Waals surface area contributed by atoms with Crippen LogP contribution in [0.3, 0.4) is 0 Å². The third-order valence-corrected chi connectivity index (χ3v) is 8.07. The van der Waals surface area contributed by atoms with E-state index in [2.05, 4.69) is 138 Å². The zero-order valence-corrected chi connectivity index (χ0v) is 23.4. The summed E-state index contributed by atoms with van der Waals surface area (Å²) in [7, 11) is 0. The van der Waals surface area contributed by atoms with Gasteiger partial charge in [-0.25, -0.2) is 4.98 Å². The van der Waals surface area contributed by atoms with Crippen molar-refractivity contribution >= 4 is 21.8 Å². The highest BCUT2D eigenvalue weighted by Crippen LogP contribution is 2.42. The third kappa shape index (κ3) is 4.58. The summed E-state index contributed by atoms with van der Waals surface area (Å²) in [5, 5.41) is 2.32. The molecule has 0 radical (unpaired) electrons. The van der Waals surface area contributed by atoms with Crippen molar-refractivity contribution in [1.82, 2.24) is 15.0 Å². The van der Waals surface area contributed by atoms with E-state index in [-0.39, 0.29) is 0 Å². The molecule has 0 saturated carbocycles.